The molecule has 1 aliphatic heterocycles. The lowest BCUT2D eigenvalue weighted by molar-refractivity contribution is 0.328. The third kappa shape index (κ3) is 4.08. The number of rotatable bonds is 6. The van der Waals surface area contributed by atoms with Gasteiger partial charge in [-0.05, 0) is 25.2 Å². The molecule has 98 valence electrons. The van der Waals surface area contributed by atoms with Gasteiger partial charge in [-0.1, -0.05) is 27.0 Å². The van der Waals surface area contributed by atoms with Crippen molar-refractivity contribution in [2.24, 2.45) is 17.4 Å². The van der Waals surface area contributed by atoms with Gasteiger partial charge in [0.05, 0.1) is 6.04 Å². The van der Waals surface area contributed by atoms with Crippen LogP contribution in [-0.2, 0) is 0 Å². The summed E-state index contributed by atoms with van der Waals surface area (Å²) in [6, 6.07) is 0.475. The van der Waals surface area contributed by atoms with Crippen LogP contribution < -0.4 is 11.5 Å². The van der Waals surface area contributed by atoms with Gasteiger partial charge in [0.2, 0.25) is 0 Å². The summed E-state index contributed by atoms with van der Waals surface area (Å²) in [5.41, 5.74) is 13.8. The Balaban J connectivity index is 2.49. The Morgan fingerprint density at radius 1 is 1.41 bits per heavy atom. The molecule has 4 N–H and O–H groups in total. The molecule has 0 radical (unpaired) electrons. The van der Waals surface area contributed by atoms with Crippen LogP contribution in [0.1, 0.15) is 39.5 Å². The van der Waals surface area contributed by atoms with Gasteiger partial charge in [0.25, 0.3) is 0 Å². The first-order chi connectivity index (χ1) is 7.91. The van der Waals surface area contributed by atoms with Crippen LogP contribution >= 0.6 is 0 Å². The average Bonchev–Trinajstić information content (AvgIpc) is 2.63. The first-order valence-corrected chi connectivity index (χ1v) is 6.56. The van der Waals surface area contributed by atoms with Crippen LogP contribution in [0.3, 0.4) is 0 Å². The van der Waals surface area contributed by atoms with Crippen LogP contribution in [0.15, 0.2) is 24.6 Å². The SMILES string of the molecule is C=C(N)C1CCCN1C(=C)CC(N)CC(C)C. The van der Waals surface area contributed by atoms with E-state index in [1.807, 2.05) is 0 Å². The smallest absolute Gasteiger partial charge is 0.0677 e. The monoisotopic (exact) mass is 237 g/mol. The van der Waals surface area contributed by atoms with Gasteiger partial charge in [-0.3, -0.25) is 0 Å². The minimum Gasteiger partial charge on any atom is -0.401 e. The van der Waals surface area contributed by atoms with Crippen molar-refractivity contribution in [1.29, 1.82) is 0 Å². The zero-order valence-electron chi connectivity index (χ0n) is 11.3. The molecule has 0 bridgehead atoms. The lowest BCUT2D eigenvalue weighted by Crippen LogP contribution is -2.35. The van der Waals surface area contributed by atoms with E-state index in [4.69, 9.17) is 11.5 Å². The van der Waals surface area contributed by atoms with Crippen molar-refractivity contribution in [3.8, 4) is 0 Å². The van der Waals surface area contributed by atoms with Crippen LogP contribution in [-0.4, -0.2) is 23.5 Å². The van der Waals surface area contributed by atoms with Crippen molar-refractivity contribution in [2.75, 3.05) is 6.54 Å². The third-order valence-electron chi connectivity index (χ3n) is 3.36. The van der Waals surface area contributed by atoms with Gasteiger partial charge in [-0.25, -0.2) is 0 Å². The molecule has 1 saturated heterocycles. The molecule has 0 spiro atoms. The molecular weight excluding hydrogens is 210 g/mol. The fraction of sp³-hybridized carbons (Fsp3) is 0.714. The van der Waals surface area contributed by atoms with Gasteiger partial charge < -0.3 is 16.4 Å². The molecule has 0 aromatic heterocycles. The Hall–Kier alpha value is -0.960. The second kappa shape index (κ2) is 6.10. The quantitative estimate of drug-likeness (QED) is 0.744. The van der Waals surface area contributed by atoms with Gasteiger partial charge in [0.15, 0.2) is 0 Å². The predicted octanol–water partition coefficient (Wildman–Crippen LogP) is 2.20. The van der Waals surface area contributed by atoms with Crippen molar-refractivity contribution in [2.45, 2.75) is 51.6 Å². The highest BCUT2D eigenvalue weighted by molar-refractivity contribution is 5.11. The molecule has 0 aromatic rings. The number of hydrogen-bond acceptors (Lipinski definition) is 3. The number of hydrogen-bond donors (Lipinski definition) is 2. The lowest BCUT2D eigenvalue weighted by Gasteiger charge is -2.30. The summed E-state index contributed by atoms with van der Waals surface area (Å²) in [5, 5.41) is 0. The maximum Gasteiger partial charge on any atom is 0.0677 e. The zero-order valence-corrected chi connectivity index (χ0v) is 11.3. The van der Waals surface area contributed by atoms with E-state index in [0.29, 0.717) is 5.92 Å². The predicted molar refractivity (Wildman–Crippen MR) is 74.2 cm³/mol. The van der Waals surface area contributed by atoms with Gasteiger partial charge in [0.1, 0.15) is 0 Å². The van der Waals surface area contributed by atoms with Gasteiger partial charge in [-0.15, -0.1) is 0 Å². The lowest BCUT2D eigenvalue weighted by atomic mass is 10.0. The van der Waals surface area contributed by atoms with E-state index in [-0.39, 0.29) is 12.1 Å². The summed E-state index contributed by atoms with van der Waals surface area (Å²) >= 11 is 0. The van der Waals surface area contributed by atoms with Gasteiger partial charge >= 0.3 is 0 Å². The Morgan fingerprint density at radius 3 is 2.59 bits per heavy atom. The summed E-state index contributed by atoms with van der Waals surface area (Å²) in [7, 11) is 0. The van der Waals surface area contributed by atoms with Crippen LogP contribution in [0.2, 0.25) is 0 Å². The molecule has 3 nitrogen and oxygen atoms in total. The molecule has 0 aliphatic carbocycles. The maximum absolute atomic E-state index is 6.12. The summed E-state index contributed by atoms with van der Waals surface area (Å²) in [5.74, 6) is 0.636. The van der Waals surface area contributed by atoms with Crippen molar-refractivity contribution in [3.05, 3.63) is 24.6 Å². The van der Waals surface area contributed by atoms with E-state index >= 15 is 0 Å². The van der Waals surface area contributed by atoms with E-state index in [1.165, 1.54) is 6.42 Å². The molecule has 1 heterocycles. The van der Waals surface area contributed by atoms with E-state index in [1.54, 1.807) is 0 Å². The number of nitrogens with two attached hydrogens (primary N) is 2. The maximum atomic E-state index is 6.12. The number of likely N-dealkylation sites (tertiary alicyclic amines) is 1. The van der Waals surface area contributed by atoms with Crippen molar-refractivity contribution < 1.29 is 0 Å². The molecule has 2 atom stereocenters. The highest BCUT2D eigenvalue weighted by Gasteiger charge is 2.27. The molecule has 0 saturated carbocycles. The van der Waals surface area contributed by atoms with Gasteiger partial charge in [-0.2, -0.15) is 0 Å². The summed E-state index contributed by atoms with van der Waals surface area (Å²) < 4.78 is 0. The number of nitrogens with zero attached hydrogens (tertiary/aromatic N) is 1. The van der Waals surface area contributed by atoms with Crippen LogP contribution in [0, 0.1) is 5.92 Å². The average molecular weight is 237 g/mol. The van der Waals surface area contributed by atoms with Gasteiger partial charge in [0, 0.05) is 30.4 Å². The van der Waals surface area contributed by atoms with E-state index in [0.717, 1.165) is 37.2 Å². The topological polar surface area (TPSA) is 55.3 Å². The van der Waals surface area contributed by atoms with Crippen LogP contribution in [0.4, 0.5) is 0 Å². The highest BCUT2D eigenvalue weighted by Crippen LogP contribution is 2.26. The molecule has 0 amide bonds. The van der Waals surface area contributed by atoms with E-state index in [2.05, 4.69) is 31.9 Å². The second-order valence-electron chi connectivity index (χ2n) is 5.59. The van der Waals surface area contributed by atoms with Crippen molar-refractivity contribution in [3.63, 3.8) is 0 Å². The summed E-state index contributed by atoms with van der Waals surface area (Å²) in [6.45, 7) is 13.5. The Morgan fingerprint density at radius 2 is 2.06 bits per heavy atom. The normalized spacial score (nSPS) is 21.9. The molecule has 0 aromatic carbocycles. The second-order valence-corrected chi connectivity index (χ2v) is 5.59. The minimum absolute atomic E-state index is 0.204. The first kappa shape index (κ1) is 14.1. The minimum atomic E-state index is 0.204. The Labute approximate surface area is 106 Å². The zero-order chi connectivity index (χ0) is 13.0. The fourth-order valence-corrected chi connectivity index (χ4v) is 2.64. The molecule has 2 unspecified atom stereocenters. The fourth-order valence-electron chi connectivity index (χ4n) is 2.64. The van der Waals surface area contributed by atoms with E-state index < -0.39 is 0 Å². The molecule has 1 aliphatic rings. The Bertz CT molecular complexity index is 283. The third-order valence-corrected chi connectivity index (χ3v) is 3.36. The molecule has 1 fully saturated rings. The molecule has 3 heteroatoms. The standard InChI is InChI=1S/C14H27N3/c1-10(2)8-13(16)9-11(3)17-7-5-6-14(17)12(4)15/h10,13-14H,3-9,15-16H2,1-2H3. The van der Waals surface area contributed by atoms with Crippen molar-refractivity contribution >= 4 is 0 Å². The highest BCUT2D eigenvalue weighted by atomic mass is 15.2. The summed E-state index contributed by atoms with van der Waals surface area (Å²) in [4.78, 5) is 2.28. The first-order valence-electron chi connectivity index (χ1n) is 6.56. The summed E-state index contributed by atoms with van der Waals surface area (Å²) in [6.07, 6.45) is 4.16. The Kier molecular flexibility index (Phi) is 5.06. The van der Waals surface area contributed by atoms with Crippen molar-refractivity contribution in [1.82, 2.24) is 4.90 Å². The van der Waals surface area contributed by atoms with Crippen LogP contribution in [0.25, 0.3) is 0 Å². The molecule has 17 heavy (non-hydrogen) atoms. The largest absolute Gasteiger partial charge is 0.401 e. The molecule has 1 rings (SSSR count). The van der Waals surface area contributed by atoms with E-state index in [9.17, 15) is 0 Å². The molecular formula is C14H27N3. The van der Waals surface area contributed by atoms with Crippen LogP contribution in [0.5, 0.6) is 0 Å².